The van der Waals surface area contributed by atoms with Gasteiger partial charge in [0.05, 0.1) is 19.3 Å². The molecule has 1 aromatic carbocycles. The van der Waals surface area contributed by atoms with E-state index in [2.05, 4.69) is 20.6 Å². The Hall–Kier alpha value is -3.16. The summed E-state index contributed by atoms with van der Waals surface area (Å²) in [4.78, 5) is 12.4. The van der Waals surface area contributed by atoms with Crippen molar-refractivity contribution in [3.05, 3.63) is 54.2 Å². The third-order valence-corrected chi connectivity index (χ3v) is 3.85. The molecule has 1 amide bonds. The maximum atomic E-state index is 12.4. The van der Waals surface area contributed by atoms with Gasteiger partial charge in [-0.3, -0.25) is 9.36 Å². The molecule has 0 bridgehead atoms. The average molecular weight is 324 g/mol. The lowest BCUT2D eigenvalue weighted by molar-refractivity contribution is 0.0943. The molecule has 0 atom stereocenters. The molecule has 0 aliphatic carbocycles. The first-order valence-corrected chi connectivity index (χ1v) is 7.74. The lowest BCUT2D eigenvalue weighted by atomic mass is 10.3. The van der Waals surface area contributed by atoms with Crippen LogP contribution in [0.1, 0.15) is 22.6 Å². The molecule has 0 radical (unpaired) electrons. The van der Waals surface area contributed by atoms with Gasteiger partial charge in [0, 0.05) is 18.7 Å². The van der Waals surface area contributed by atoms with E-state index in [1.165, 1.54) is 6.20 Å². The van der Waals surface area contributed by atoms with Gasteiger partial charge < -0.3 is 10.1 Å². The molecule has 0 unspecified atom stereocenters. The number of carbonyl (C=O) groups is 1. The van der Waals surface area contributed by atoms with Crippen molar-refractivity contribution in [2.24, 2.45) is 0 Å². The first-order chi connectivity index (χ1) is 11.8. The monoisotopic (exact) mass is 324 g/mol. The molecule has 0 spiro atoms. The predicted molar refractivity (Wildman–Crippen MR) is 84.9 cm³/mol. The molecule has 4 rings (SSSR count). The summed E-state index contributed by atoms with van der Waals surface area (Å²) in [5.41, 5.74) is 1.39. The first-order valence-electron chi connectivity index (χ1n) is 7.74. The maximum absolute atomic E-state index is 12.4. The summed E-state index contributed by atoms with van der Waals surface area (Å²) in [6.07, 6.45) is 4.07. The molecule has 1 aliphatic heterocycles. The van der Waals surface area contributed by atoms with Crippen molar-refractivity contribution in [3.8, 4) is 11.6 Å². The van der Waals surface area contributed by atoms with Crippen molar-refractivity contribution in [3.63, 3.8) is 0 Å². The normalized spacial score (nSPS) is 13.2. The molecule has 0 fully saturated rings. The van der Waals surface area contributed by atoms with Gasteiger partial charge in [-0.25, -0.2) is 4.68 Å². The van der Waals surface area contributed by atoms with E-state index in [0.29, 0.717) is 23.9 Å². The highest BCUT2D eigenvalue weighted by Crippen LogP contribution is 2.22. The molecule has 8 heteroatoms. The van der Waals surface area contributed by atoms with Gasteiger partial charge in [-0.1, -0.05) is 18.2 Å². The number of fused-ring (bicyclic) bond motifs is 1. The quantitative estimate of drug-likeness (QED) is 0.778. The van der Waals surface area contributed by atoms with Gasteiger partial charge in [0.1, 0.15) is 11.9 Å². The summed E-state index contributed by atoms with van der Waals surface area (Å²) in [6, 6.07) is 9.73. The van der Waals surface area contributed by atoms with Crippen LogP contribution in [0.4, 0.5) is 0 Å². The van der Waals surface area contributed by atoms with Gasteiger partial charge >= 0.3 is 0 Å². The number of para-hydroxylation sites is 1. The second kappa shape index (κ2) is 6.15. The number of nitrogens with one attached hydrogen (secondary N) is 1. The van der Waals surface area contributed by atoms with Gasteiger partial charge in [-0.15, -0.1) is 10.2 Å². The number of carbonyl (C=O) groups excluding carboxylic acids is 1. The fourth-order valence-electron chi connectivity index (χ4n) is 2.66. The van der Waals surface area contributed by atoms with Crippen LogP contribution in [0, 0.1) is 0 Å². The number of hydrogen-bond acceptors (Lipinski definition) is 5. The fraction of sp³-hybridized carbons (Fsp3) is 0.250. The summed E-state index contributed by atoms with van der Waals surface area (Å²) >= 11 is 0. The SMILES string of the molecule is O=C(NCc1nncn1-c1ccccc1)c1cnn2c1OCCC2. The number of aromatic nitrogens is 5. The van der Waals surface area contributed by atoms with E-state index in [1.807, 2.05) is 34.9 Å². The second-order valence-corrected chi connectivity index (χ2v) is 5.42. The molecule has 122 valence electrons. The summed E-state index contributed by atoms with van der Waals surface area (Å²) in [5, 5.41) is 15.0. The zero-order valence-electron chi connectivity index (χ0n) is 12.9. The van der Waals surface area contributed by atoms with Crippen LogP contribution in [0.5, 0.6) is 5.88 Å². The van der Waals surface area contributed by atoms with Crippen LogP contribution in [-0.4, -0.2) is 37.1 Å². The molecule has 8 nitrogen and oxygen atoms in total. The number of amides is 1. The van der Waals surface area contributed by atoms with Crippen molar-refractivity contribution in [2.75, 3.05) is 6.61 Å². The Labute approximate surface area is 138 Å². The molecule has 0 saturated carbocycles. The number of aryl methyl sites for hydroxylation is 1. The minimum absolute atomic E-state index is 0.235. The zero-order valence-corrected chi connectivity index (χ0v) is 12.9. The van der Waals surface area contributed by atoms with E-state index in [9.17, 15) is 4.79 Å². The van der Waals surface area contributed by atoms with Gasteiger partial charge in [-0.2, -0.15) is 5.10 Å². The number of nitrogens with zero attached hydrogens (tertiary/aromatic N) is 5. The van der Waals surface area contributed by atoms with E-state index >= 15 is 0 Å². The smallest absolute Gasteiger partial charge is 0.258 e. The van der Waals surface area contributed by atoms with E-state index in [4.69, 9.17) is 4.74 Å². The van der Waals surface area contributed by atoms with Crippen LogP contribution in [0.3, 0.4) is 0 Å². The largest absolute Gasteiger partial charge is 0.477 e. The minimum Gasteiger partial charge on any atom is -0.477 e. The Morgan fingerprint density at radius 2 is 2.17 bits per heavy atom. The topological polar surface area (TPSA) is 86.9 Å². The molecule has 2 aromatic heterocycles. The third-order valence-electron chi connectivity index (χ3n) is 3.85. The summed E-state index contributed by atoms with van der Waals surface area (Å²) in [5.74, 6) is 0.945. The van der Waals surface area contributed by atoms with E-state index in [1.54, 1.807) is 11.0 Å². The molecule has 1 N–H and O–H groups in total. The summed E-state index contributed by atoms with van der Waals surface area (Å²) < 4.78 is 9.10. The van der Waals surface area contributed by atoms with Crippen molar-refractivity contribution < 1.29 is 9.53 Å². The molecule has 24 heavy (non-hydrogen) atoms. The predicted octanol–water partition coefficient (Wildman–Crippen LogP) is 1.18. The Bertz CT molecular complexity index is 855. The van der Waals surface area contributed by atoms with Gasteiger partial charge in [0.2, 0.25) is 5.88 Å². The lowest BCUT2D eigenvalue weighted by Gasteiger charge is -2.15. The van der Waals surface area contributed by atoms with Gasteiger partial charge in [-0.05, 0) is 12.1 Å². The maximum Gasteiger partial charge on any atom is 0.258 e. The highest BCUT2D eigenvalue weighted by molar-refractivity contribution is 5.96. The van der Waals surface area contributed by atoms with Crippen molar-refractivity contribution in [1.29, 1.82) is 0 Å². The van der Waals surface area contributed by atoms with Crippen LogP contribution < -0.4 is 10.1 Å². The van der Waals surface area contributed by atoms with Crippen molar-refractivity contribution in [1.82, 2.24) is 29.9 Å². The first kappa shape index (κ1) is 14.4. The van der Waals surface area contributed by atoms with Gasteiger partial charge in [0.25, 0.3) is 5.91 Å². The Kier molecular flexibility index (Phi) is 3.70. The molecule has 3 heterocycles. The van der Waals surface area contributed by atoms with Crippen LogP contribution in [0.2, 0.25) is 0 Å². The average Bonchev–Trinajstić information content (AvgIpc) is 3.27. The second-order valence-electron chi connectivity index (χ2n) is 5.42. The Balaban J connectivity index is 1.49. The number of hydrogen-bond donors (Lipinski definition) is 1. The lowest BCUT2D eigenvalue weighted by Crippen LogP contribution is -2.25. The van der Waals surface area contributed by atoms with Crippen molar-refractivity contribution >= 4 is 5.91 Å². The fourth-order valence-corrected chi connectivity index (χ4v) is 2.66. The number of rotatable bonds is 4. The van der Waals surface area contributed by atoms with E-state index in [-0.39, 0.29) is 12.5 Å². The number of ether oxygens (including phenoxy) is 1. The molecular weight excluding hydrogens is 308 g/mol. The van der Waals surface area contributed by atoms with E-state index in [0.717, 1.165) is 18.7 Å². The molecular formula is C16H16N6O2. The third kappa shape index (κ3) is 2.62. The minimum atomic E-state index is -0.235. The standard InChI is InChI=1S/C16H16N6O2/c23-15(13-9-19-22-7-4-8-24-16(13)22)17-10-14-20-18-11-21(14)12-5-2-1-3-6-12/h1-3,5-6,9,11H,4,7-8,10H2,(H,17,23). The van der Waals surface area contributed by atoms with Crippen LogP contribution in [0.25, 0.3) is 5.69 Å². The summed E-state index contributed by atoms with van der Waals surface area (Å²) in [7, 11) is 0. The highest BCUT2D eigenvalue weighted by atomic mass is 16.5. The Morgan fingerprint density at radius 1 is 1.29 bits per heavy atom. The van der Waals surface area contributed by atoms with Crippen molar-refractivity contribution in [2.45, 2.75) is 19.5 Å². The van der Waals surface area contributed by atoms with Crippen LogP contribution in [0.15, 0.2) is 42.9 Å². The molecule has 1 aliphatic rings. The van der Waals surface area contributed by atoms with E-state index < -0.39 is 0 Å². The van der Waals surface area contributed by atoms with Crippen LogP contribution >= 0.6 is 0 Å². The zero-order chi connectivity index (χ0) is 16.4. The van der Waals surface area contributed by atoms with Crippen LogP contribution in [-0.2, 0) is 13.1 Å². The highest BCUT2D eigenvalue weighted by Gasteiger charge is 2.21. The van der Waals surface area contributed by atoms with Gasteiger partial charge in [0.15, 0.2) is 5.82 Å². The number of benzene rings is 1. The molecule has 0 saturated heterocycles. The summed E-state index contributed by atoms with van der Waals surface area (Å²) in [6.45, 7) is 1.64. The Morgan fingerprint density at radius 3 is 3.04 bits per heavy atom. The molecule has 3 aromatic rings.